The summed E-state index contributed by atoms with van der Waals surface area (Å²) >= 11 is 10.6. The molecule has 1 aromatic rings. The van der Waals surface area contributed by atoms with Crippen molar-refractivity contribution in [2.75, 3.05) is 5.32 Å². The van der Waals surface area contributed by atoms with Gasteiger partial charge in [-0.3, -0.25) is 5.32 Å². The van der Waals surface area contributed by atoms with Gasteiger partial charge in [0, 0.05) is 0 Å². The molecule has 0 atom stereocenters. The van der Waals surface area contributed by atoms with Crippen LogP contribution in [0.25, 0.3) is 0 Å². The second-order valence-corrected chi connectivity index (χ2v) is 2.99. The zero-order chi connectivity index (χ0) is 9.68. The molecule has 6 heteroatoms. The molecule has 0 bridgehead atoms. The van der Waals surface area contributed by atoms with E-state index >= 15 is 0 Å². The summed E-state index contributed by atoms with van der Waals surface area (Å²) in [5.41, 5.74) is 0.678. The van der Waals surface area contributed by atoms with Gasteiger partial charge in [-0.25, -0.2) is 0 Å². The second-order valence-electron chi connectivity index (χ2n) is 2.17. The molecule has 0 amide bonds. The Hall–Kier alpha value is -0.310. The summed E-state index contributed by atoms with van der Waals surface area (Å²) in [6.07, 6.45) is 1.71. The Labute approximate surface area is 116 Å². The first kappa shape index (κ1) is 13.7. The van der Waals surface area contributed by atoms with E-state index in [1.54, 1.807) is 18.3 Å². The van der Waals surface area contributed by atoms with E-state index in [1.165, 1.54) is 0 Å². The summed E-state index contributed by atoms with van der Waals surface area (Å²) in [5, 5.41) is 14.1. The normalized spacial score (nSPS) is 8.00. The van der Waals surface area contributed by atoms with Gasteiger partial charge in [0.1, 0.15) is 0 Å². The molecule has 0 heterocycles. The number of hydrogen-bond acceptors (Lipinski definition) is 2. The summed E-state index contributed by atoms with van der Waals surface area (Å²) in [7, 11) is 0. The molecule has 1 rings (SSSR count). The second kappa shape index (κ2) is 7.04. The molecule has 0 aliphatic carbocycles. The maximum absolute atomic E-state index is 8.26. The zero-order valence-corrected chi connectivity index (χ0v) is 11.1. The molecule has 0 saturated heterocycles. The van der Waals surface area contributed by atoms with Crippen LogP contribution in [0.1, 0.15) is 1.43 Å². The molecular weight excluding hydrogens is 229 g/mol. The summed E-state index contributed by atoms with van der Waals surface area (Å²) in [6.45, 7) is 0. The molecule has 0 spiro atoms. The van der Waals surface area contributed by atoms with E-state index < -0.39 is 0 Å². The minimum atomic E-state index is 0. The first-order valence-electron chi connectivity index (χ1n) is 3.44. The van der Waals surface area contributed by atoms with Crippen LogP contribution in [0.4, 0.5) is 5.69 Å². The molecular formula is C8H7ClN3NaS. The molecule has 0 unspecified atom stereocenters. The molecule has 3 nitrogen and oxygen atoms in total. The first-order chi connectivity index (χ1) is 6.24. The first-order valence-corrected chi connectivity index (χ1v) is 4.23. The van der Waals surface area contributed by atoms with Gasteiger partial charge in [0.15, 0.2) is 11.3 Å². The largest absolute Gasteiger partial charge is 1.00 e. The fourth-order valence-corrected chi connectivity index (χ4v) is 1.11. The van der Waals surface area contributed by atoms with Crippen LogP contribution in [0.3, 0.4) is 0 Å². The quantitative estimate of drug-likeness (QED) is 0.290. The minimum Gasteiger partial charge on any atom is -1.00 e. The van der Waals surface area contributed by atoms with Gasteiger partial charge in [-0.15, -0.1) is 0 Å². The molecule has 68 valence electrons. The van der Waals surface area contributed by atoms with E-state index in [4.69, 9.17) is 29.1 Å². The van der Waals surface area contributed by atoms with Crippen molar-refractivity contribution in [3.63, 3.8) is 0 Å². The summed E-state index contributed by atoms with van der Waals surface area (Å²) in [4.78, 5) is 0. The van der Waals surface area contributed by atoms with E-state index in [2.05, 4.69) is 10.6 Å². The molecule has 1 aromatic carbocycles. The van der Waals surface area contributed by atoms with Crippen LogP contribution in [-0.2, 0) is 0 Å². The Morgan fingerprint density at radius 1 is 1.50 bits per heavy atom. The van der Waals surface area contributed by atoms with E-state index in [9.17, 15) is 0 Å². The van der Waals surface area contributed by atoms with Crippen molar-refractivity contribution in [1.82, 2.24) is 5.32 Å². The number of anilines is 1. The van der Waals surface area contributed by atoms with Crippen LogP contribution in [0, 0.1) is 11.5 Å². The van der Waals surface area contributed by atoms with Crippen molar-refractivity contribution in [3.8, 4) is 6.19 Å². The predicted octanol–water partition coefficient (Wildman–Crippen LogP) is -0.776. The van der Waals surface area contributed by atoms with E-state index in [0.29, 0.717) is 10.7 Å². The van der Waals surface area contributed by atoms with Crippen molar-refractivity contribution < 1.29 is 31.0 Å². The Morgan fingerprint density at radius 3 is 2.71 bits per heavy atom. The number of nitriles is 1. The Morgan fingerprint density at radius 2 is 2.14 bits per heavy atom. The molecule has 0 fully saturated rings. The van der Waals surface area contributed by atoms with Crippen molar-refractivity contribution in [2.45, 2.75) is 0 Å². The van der Waals surface area contributed by atoms with Gasteiger partial charge in [0.05, 0.1) is 10.7 Å². The molecule has 0 aliphatic rings. The van der Waals surface area contributed by atoms with Crippen LogP contribution in [-0.4, -0.2) is 5.11 Å². The fourth-order valence-electron chi connectivity index (χ4n) is 0.767. The SMILES string of the molecule is N#CNC(=S)Nc1ccccc1Cl.[H-].[Na+]. The number of rotatable bonds is 1. The topological polar surface area (TPSA) is 47.9 Å². The standard InChI is InChI=1S/C8H6ClN3S.Na.H/c9-6-3-1-2-4-7(6)12-8(13)11-5-10;;/h1-4H,(H2,11,12,13);;/q;+1;-1. The summed E-state index contributed by atoms with van der Waals surface area (Å²) in [5.74, 6) is 0. The van der Waals surface area contributed by atoms with Crippen LogP contribution in [0.2, 0.25) is 5.02 Å². The minimum absolute atomic E-state index is 0. The van der Waals surface area contributed by atoms with Crippen LogP contribution >= 0.6 is 23.8 Å². The van der Waals surface area contributed by atoms with Crippen molar-refractivity contribution in [2.24, 2.45) is 0 Å². The van der Waals surface area contributed by atoms with Crippen molar-refractivity contribution in [3.05, 3.63) is 29.3 Å². The van der Waals surface area contributed by atoms with Gasteiger partial charge in [0.2, 0.25) is 0 Å². The van der Waals surface area contributed by atoms with Gasteiger partial charge < -0.3 is 6.74 Å². The van der Waals surface area contributed by atoms with Crippen molar-refractivity contribution in [1.29, 1.82) is 5.26 Å². The molecule has 0 aromatic heterocycles. The van der Waals surface area contributed by atoms with Gasteiger partial charge in [-0.2, -0.15) is 5.26 Å². The number of halogens is 1. The van der Waals surface area contributed by atoms with Gasteiger partial charge >= 0.3 is 29.6 Å². The average Bonchev–Trinajstić information content (AvgIpc) is 2.09. The van der Waals surface area contributed by atoms with Crippen molar-refractivity contribution >= 4 is 34.6 Å². The van der Waals surface area contributed by atoms with Crippen LogP contribution in [0.5, 0.6) is 0 Å². The number of benzene rings is 1. The molecule has 0 saturated carbocycles. The smallest absolute Gasteiger partial charge is 1.00 e. The molecule has 2 N–H and O–H groups in total. The Balaban J connectivity index is 0. The number of nitrogens with one attached hydrogen (secondary N) is 2. The Kier molecular flexibility index (Phi) is 6.89. The zero-order valence-electron chi connectivity index (χ0n) is 8.54. The molecule has 0 radical (unpaired) electrons. The maximum atomic E-state index is 8.26. The fraction of sp³-hybridized carbons (Fsp3) is 0. The number of thiocarbonyl (C=S) groups is 1. The van der Waals surface area contributed by atoms with Gasteiger partial charge in [0.25, 0.3) is 0 Å². The molecule has 14 heavy (non-hydrogen) atoms. The number of nitrogens with zero attached hydrogens (tertiary/aromatic N) is 1. The average molecular weight is 236 g/mol. The van der Waals surface area contributed by atoms with Crippen LogP contribution in [0.15, 0.2) is 24.3 Å². The third-order valence-corrected chi connectivity index (χ3v) is 1.83. The van der Waals surface area contributed by atoms with Gasteiger partial charge in [-0.05, 0) is 24.4 Å². The maximum Gasteiger partial charge on any atom is 1.00 e. The molecule has 0 aliphatic heterocycles. The monoisotopic (exact) mass is 235 g/mol. The predicted molar refractivity (Wildman–Crippen MR) is 57.5 cm³/mol. The summed E-state index contributed by atoms with van der Waals surface area (Å²) in [6, 6.07) is 7.14. The van der Waals surface area contributed by atoms with E-state index in [0.717, 1.165) is 0 Å². The number of hydrogen-bond donors (Lipinski definition) is 2. The third kappa shape index (κ3) is 4.27. The third-order valence-electron chi connectivity index (χ3n) is 1.29. The van der Waals surface area contributed by atoms with E-state index in [1.807, 2.05) is 12.1 Å². The number of para-hydroxylation sites is 1. The van der Waals surface area contributed by atoms with E-state index in [-0.39, 0.29) is 36.1 Å². The Bertz CT molecular complexity index is 369. The van der Waals surface area contributed by atoms with Crippen LogP contribution < -0.4 is 40.2 Å². The summed E-state index contributed by atoms with van der Waals surface area (Å²) < 4.78 is 0. The van der Waals surface area contributed by atoms with Gasteiger partial charge in [-0.1, -0.05) is 23.7 Å².